The molecule has 19 heavy (non-hydrogen) atoms. The Hall–Kier alpha value is -2.14. The molecule has 2 rings (SSSR count). The number of nitrogens with zero attached hydrogens (tertiary/aromatic N) is 2. The zero-order valence-electron chi connectivity index (χ0n) is 10.8. The Morgan fingerprint density at radius 2 is 1.74 bits per heavy atom. The molecule has 1 aromatic carbocycles. The molecule has 0 aliphatic rings. The van der Waals surface area contributed by atoms with Crippen molar-refractivity contribution in [3.05, 3.63) is 48.3 Å². The standard InChI is InChI=1S/C14H19N5/c15-7-4-8-16-13-9-14(19-11-18-13)17-10-12-5-2-1-3-6-12/h1-3,5-6,9,11H,4,7-8,10,15H2,(H2,16,17,18,19). The van der Waals surface area contributed by atoms with E-state index in [-0.39, 0.29) is 0 Å². The fourth-order valence-electron chi connectivity index (χ4n) is 1.66. The highest BCUT2D eigenvalue weighted by Gasteiger charge is 1.98. The average molecular weight is 257 g/mol. The maximum Gasteiger partial charge on any atom is 0.131 e. The molecule has 0 spiro atoms. The van der Waals surface area contributed by atoms with Crippen molar-refractivity contribution < 1.29 is 0 Å². The first kappa shape index (κ1) is 13.3. The zero-order valence-corrected chi connectivity index (χ0v) is 10.8. The first-order chi connectivity index (χ1) is 9.38. The summed E-state index contributed by atoms with van der Waals surface area (Å²) in [6, 6.07) is 12.1. The van der Waals surface area contributed by atoms with Gasteiger partial charge in [0.15, 0.2) is 0 Å². The molecule has 0 aliphatic heterocycles. The normalized spacial score (nSPS) is 10.2. The summed E-state index contributed by atoms with van der Waals surface area (Å²) in [6.45, 7) is 2.25. The predicted octanol–water partition coefficient (Wildman–Crippen LogP) is 1.85. The monoisotopic (exact) mass is 257 g/mol. The van der Waals surface area contributed by atoms with E-state index in [1.807, 2.05) is 24.3 Å². The largest absolute Gasteiger partial charge is 0.370 e. The Bertz CT molecular complexity index is 486. The highest BCUT2D eigenvalue weighted by molar-refractivity contribution is 5.46. The number of hydrogen-bond donors (Lipinski definition) is 3. The van der Waals surface area contributed by atoms with Crippen LogP contribution < -0.4 is 16.4 Å². The van der Waals surface area contributed by atoms with Gasteiger partial charge < -0.3 is 16.4 Å². The molecule has 1 aromatic heterocycles. The Morgan fingerprint density at radius 1 is 1.00 bits per heavy atom. The van der Waals surface area contributed by atoms with E-state index < -0.39 is 0 Å². The second kappa shape index (κ2) is 7.33. The minimum absolute atomic E-state index is 0.678. The van der Waals surface area contributed by atoms with Gasteiger partial charge in [0.25, 0.3) is 0 Å². The number of nitrogens with one attached hydrogen (secondary N) is 2. The zero-order chi connectivity index (χ0) is 13.3. The van der Waals surface area contributed by atoms with Crippen LogP contribution in [0, 0.1) is 0 Å². The molecular formula is C14H19N5. The van der Waals surface area contributed by atoms with Gasteiger partial charge >= 0.3 is 0 Å². The number of nitrogens with two attached hydrogens (primary N) is 1. The number of benzene rings is 1. The van der Waals surface area contributed by atoms with Crippen LogP contribution in [0.1, 0.15) is 12.0 Å². The summed E-state index contributed by atoms with van der Waals surface area (Å²) in [5, 5.41) is 6.49. The summed E-state index contributed by atoms with van der Waals surface area (Å²) >= 11 is 0. The summed E-state index contributed by atoms with van der Waals surface area (Å²) in [5.74, 6) is 1.63. The van der Waals surface area contributed by atoms with Gasteiger partial charge in [-0.2, -0.15) is 0 Å². The fourth-order valence-corrected chi connectivity index (χ4v) is 1.66. The summed E-state index contributed by atoms with van der Waals surface area (Å²) in [5.41, 5.74) is 6.67. The molecule has 5 heteroatoms. The van der Waals surface area contributed by atoms with E-state index in [1.165, 1.54) is 5.56 Å². The Labute approximate surface area is 113 Å². The Kier molecular flexibility index (Phi) is 5.13. The Morgan fingerprint density at radius 3 is 2.47 bits per heavy atom. The predicted molar refractivity (Wildman–Crippen MR) is 78.0 cm³/mol. The third kappa shape index (κ3) is 4.56. The van der Waals surface area contributed by atoms with Crippen molar-refractivity contribution in [2.45, 2.75) is 13.0 Å². The third-order valence-corrected chi connectivity index (χ3v) is 2.67. The van der Waals surface area contributed by atoms with Crippen molar-refractivity contribution in [3.63, 3.8) is 0 Å². The third-order valence-electron chi connectivity index (χ3n) is 2.67. The van der Waals surface area contributed by atoms with Crippen molar-refractivity contribution in [1.29, 1.82) is 0 Å². The van der Waals surface area contributed by atoms with Crippen LogP contribution >= 0.6 is 0 Å². The van der Waals surface area contributed by atoms with E-state index in [0.717, 1.165) is 31.1 Å². The lowest BCUT2D eigenvalue weighted by atomic mass is 10.2. The Balaban J connectivity index is 1.88. The van der Waals surface area contributed by atoms with Crippen molar-refractivity contribution in [2.75, 3.05) is 23.7 Å². The van der Waals surface area contributed by atoms with E-state index >= 15 is 0 Å². The van der Waals surface area contributed by atoms with E-state index in [9.17, 15) is 0 Å². The van der Waals surface area contributed by atoms with Crippen LogP contribution in [0.5, 0.6) is 0 Å². The van der Waals surface area contributed by atoms with Crippen molar-refractivity contribution in [2.24, 2.45) is 5.73 Å². The van der Waals surface area contributed by atoms with Gasteiger partial charge in [0.05, 0.1) is 0 Å². The molecule has 100 valence electrons. The van der Waals surface area contributed by atoms with E-state index in [0.29, 0.717) is 6.54 Å². The lowest BCUT2D eigenvalue weighted by Gasteiger charge is -2.08. The van der Waals surface area contributed by atoms with Gasteiger partial charge in [-0.05, 0) is 18.5 Å². The van der Waals surface area contributed by atoms with Crippen LogP contribution in [-0.4, -0.2) is 23.1 Å². The van der Waals surface area contributed by atoms with Gasteiger partial charge in [0, 0.05) is 19.2 Å². The van der Waals surface area contributed by atoms with Crippen LogP contribution in [0.4, 0.5) is 11.6 Å². The molecule has 0 saturated carbocycles. The first-order valence-electron chi connectivity index (χ1n) is 6.42. The molecule has 1 heterocycles. The van der Waals surface area contributed by atoms with Crippen LogP contribution in [-0.2, 0) is 6.54 Å². The number of hydrogen-bond acceptors (Lipinski definition) is 5. The maximum absolute atomic E-state index is 5.45. The van der Waals surface area contributed by atoms with Gasteiger partial charge in [-0.25, -0.2) is 9.97 Å². The van der Waals surface area contributed by atoms with Crippen molar-refractivity contribution in [3.8, 4) is 0 Å². The topological polar surface area (TPSA) is 75.9 Å². The second-order valence-electron chi connectivity index (χ2n) is 4.20. The van der Waals surface area contributed by atoms with Gasteiger partial charge in [0.1, 0.15) is 18.0 Å². The fraction of sp³-hybridized carbons (Fsp3) is 0.286. The molecule has 5 nitrogen and oxygen atoms in total. The molecule has 2 aromatic rings. The van der Waals surface area contributed by atoms with Gasteiger partial charge in [-0.15, -0.1) is 0 Å². The van der Waals surface area contributed by atoms with Gasteiger partial charge in [-0.3, -0.25) is 0 Å². The lowest BCUT2D eigenvalue weighted by Crippen LogP contribution is -2.10. The molecule has 0 radical (unpaired) electrons. The van der Waals surface area contributed by atoms with Gasteiger partial charge in [0.2, 0.25) is 0 Å². The SMILES string of the molecule is NCCCNc1cc(NCc2ccccc2)ncn1. The minimum atomic E-state index is 0.678. The first-order valence-corrected chi connectivity index (χ1v) is 6.42. The molecule has 0 atom stereocenters. The molecular weight excluding hydrogens is 238 g/mol. The van der Waals surface area contributed by atoms with Crippen LogP contribution in [0.2, 0.25) is 0 Å². The minimum Gasteiger partial charge on any atom is -0.370 e. The van der Waals surface area contributed by atoms with Crippen LogP contribution in [0.25, 0.3) is 0 Å². The molecule has 4 N–H and O–H groups in total. The summed E-state index contributed by atoms with van der Waals surface area (Å²) < 4.78 is 0. The summed E-state index contributed by atoms with van der Waals surface area (Å²) in [7, 11) is 0. The number of aromatic nitrogens is 2. The highest BCUT2D eigenvalue weighted by atomic mass is 15.1. The summed E-state index contributed by atoms with van der Waals surface area (Å²) in [6.07, 6.45) is 2.48. The maximum atomic E-state index is 5.45. The molecule has 0 bridgehead atoms. The molecule has 0 amide bonds. The van der Waals surface area contributed by atoms with Crippen molar-refractivity contribution in [1.82, 2.24) is 9.97 Å². The smallest absolute Gasteiger partial charge is 0.131 e. The number of rotatable bonds is 7. The molecule has 0 fully saturated rings. The van der Waals surface area contributed by atoms with E-state index in [4.69, 9.17) is 5.73 Å². The highest BCUT2D eigenvalue weighted by Crippen LogP contribution is 2.10. The summed E-state index contributed by atoms with van der Waals surface area (Å²) in [4.78, 5) is 8.36. The second-order valence-corrected chi connectivity index (χ2v) is 4.20. The number of anilines is 2. The quantitative estimate of drug-likeness (QED) is 0.660. The molecule has 0 saturated heterocycles. The van der Waals surface area contributed by atoms with Crippen molar-refractivity contribution >= 4 is 11.6 Å². The molecule has 0 unspecified atom stereocenters. The van der Waals surface area contributed by atoms with Crippen LogP contribution in [0.3, 0.4) is 0 Å². The molecule has 0 aliphatic carbocycles. The van der Waals surface area contributed by atoms with E-state index in [1.54, 1.807) is 6.33 Å². The lowest BCUT2D eigenvalue weighted by molar-refractivity contribution is 0.869. The van der Waals surface area contributed by atoms with Crippen LogP contribution in [0.15, 0.2) is 42.7 Å². The van der Waals surface area contributed by atoms with E-state index in [2.05, 4.69) is 32.7 Å². The van der Waals surface area contributed by atoms with Gasteiger partial charge in [-0.1, -0.05) is 30.3 Å². The average Bonchev–Trinajstić information content (AvgIpc) is 2.47.